The van der Waals surface area contributed by atoms with E-state index < -0.39 is 4.92 Å². The van der Waals surface area contributed by atoms with Crippen LogP contribution in [0.2, 0.25) is 5.02 Å². The molecule has 1 aliphatic heterocycles. The van der Waals surface area contributed by atoms with Gasteiger partial charge < -0.3 is 4.90 Å². The highest BCUT2D eigenvalue weighted by atomic mass is 35.5. The lowest BCUT2D eigenvalue weighted by Crippen LogP contribution is -2.48. The van der Waals surface area contributed by atoms with Crippen molar-refractivity contribution >= 4 is 29.3 Å². The van der Waals surface area contributed by atoms with Crippen LogP contribution >= 0.6 is 11.6 Å². The molecule has 1 fully saturated rings. The molecule has 124 valence electrons. The Labute approximate surface area is 140 Å². The summed E-state index contributed by atoms with van der Waals surface area (Å²) in [6.45, 7) is 6.36. The zero-order valence-electron chi connectivity index (χ0n) is 13.1. The maximum absolute atomic E-state index is 12.2. The van der Waals surface area contributed by atoms with Crippen molar-refractivity contribution in [1.82, 2.24) is 9.80 Å². The number of halogens is 1. The van der Waals surface area contributed by atoms with Crippen molar-refractivity contribution < 1.29 is 9.72 Å². The Morgan fingerprint density at radius 1 is 1.35 bits per heavy atom. The summed E-state index contributed by atoms with van der Waals surface area (Å²) in [5.41, 5.74) is 0.425. The Balaban J connectivity index is 1.99. The van der Waals surface area contributed by atoms with E-state index in [9.17, 15) is 14.9 Å². The Morgan fingerprint density at radius 2 is 2.04 bits per heavy atom. The predicted octanol–water partition coefficient (Wildman–Crippen LogP) is 2.82. The summed E-state index contributed by atoms with van der Waals surface area (Å²) in [5, 5.41) is 11.2. The molecule has 1 amide bonds. The second-order valence-electron chi connectivity index (χ2n) is 5.46. The SMILES string of the molecule is CCCN1CCN(C(=O)C=Cc2cc([N+](=O)[O-])ccc2Cl)CC1. The molecule has 1 aliphatic rings. The van der Waals surface area contributed by atoms with E-state index in [0.717, 1.165) is 26.1 Å². The first-order chi connectivity index (χ1) is 11.0. The quantitative estimate of drug-likeness (QED) is 0.471. The third-order valence-corrected chi connectivity index (χ3v) is 4.16. The molecule has 2 rings (SSSR count). The minimum Gasteiger partial charge on any atom is -0.337 e. The van der Waals surface area contributed by atoms with Crippen LogP contribution in [0.1, 0.15) is 18.9 Å². The molecule has 1 aromatic carbocycles. The fourth-order valence-corrected chi connectivity index (χ4v) is 2.73. The average Bonchev–Trinajstić information content (AvgIpc) is 2.54. The summed E-state index contributed by atoms with van der Waals surface area (Å²) in [6.07, 6.45) is 4.08. The Bertz CT molecular complexity index is 611. The zero-order valence-corrected chi connectivity index (χ0v) is 13.8. The number of nitrogens with zero attached hydrogens (tertiary/aromatic N) is 3. The van der Waals surface area contributed by atoms with Gasteiger partial charge in [-0.15, -0.1) is 0 Å². The molecule has 0 aliphatic carbocycles. The van der Waals surface area contributed by atoms with E-state index in [1.807, 2.05) is 0 Å². The lowest BCUT2D eigenvalue weighted by molar-refractivity contribution is -0.384. The van der Waals surface area contributed by atoms with Crippen LogP contribution in [0.5, 0.6) is 0 Å². The first-order valence-corrected chi connectivity index (χ1v) is 8.02. The predicted molar refractivity (Wildman–Crippen MR) is 90.5 cm³/mol. The normalized spacial score (nSPS) is 16.0. The van der Waals surface area contributed by atoms with Crippen LogP contribution in [0.25, 0.3) is 6.08 Å². The molecule has 0 saturated carbocycles. The maximum atomic E-state index is 12.2. The molecule has 0 spiro atoms. The number of non-ortho nitro benzene ring substituents is 1. The lowest BCUT2D eigenvalue weighted by atomic mass is 10.2. The van der Waals surface area contributed by atoms with Crippen molar-refractivity contribution in [2.75, 3.05) is 32.7 Å². The highest BCUT2D eigenvalue weighted by Crippen LogP contribution is 2.23. The molecule has 6 nitrogen and oxygen atoms in total. The van der Waals surface area contributed by atoms with Crippen LogP contribution in [0.15, 0.2) is 24.3 Å². The van der Waals surface area contributed by atoms with Crippen molar-refractivity contribution in [3.8, 4) is 0 Å². The third-order valence-electron chi connectivity index (χ3n) is 3.82. The Morgan fingerprint density at radius 3 is 2.65 bits per heavy atom. The smallest absolute Gasteiger partial charge is 0.270 e. The molecule has 1 saturated heterocycles. The molecule has 0 aromatic heterocycles. The minimum atomic E-state index is -0.484. The molecule has 0 N–H and O–H groups in total. The van der Waals surface area contributed by atoms with Gasteiger partial charge in [0.1, 0.15) is 0 Å². The van der Waals surface area contributed by atoms with Crippen LogP contribution < -0.4 is 0 Å². The largest absolute Gasteiger partial charge is 0.337 e. The summed E-state index contributed by atoms with van der Waals surface area (Å²) in [6, 6.07) is 4.17. The molecule has 0 radical (unpaired) electrons. The highest BCUT2D eigenvalue weighted by molar-refractivity contribution is 6.32. The second-order valence-corrected chi connectivity index (χ2v) is 5.87. The first-order valence-electron chi connectivity index (χ1n) is 7.64. The molecule has 0 atom stereocenters. The fraction of sp³-hybridized carbons (Fsp3) is 0.438. The number of nitro benzene ring substituents is 1. The zero-order chi connectivity index (χ0) is 16.8. The molecular weight excluding hydrogens is 318 g/mol. The van der Waals surface area contributed by atoms with E-state index in [4.69, 9.17) is 11.6 Å². The second kappa shape index (κ2) is 8.08. The number of carbonyl (C=O) groups excluding carboxylic acids is 1. The number of nitro groups is 1. The average molecular weight is 338 g/mol. The van der Waals surface area contributed by atoms with Gasteiger partial charge in [0, 0.05) is 55.0 Å². The van der Waals surface area contributed by atoms with E-state index in [-0.39, 0.29) is 11.6 Å². The van der Waals surface area contributed by atoms with E-state index in [0.29, 0.717) is 23.7 Å². The fourth-order valence-electron chi connectivity index (χ4n) is 2.55. The van der Waals surface area contributed by atoms with E-state index in [2.05, 4.69) is 11.8 Å². The number of piperazine rings is 1. The summed E-state index contributed by atoms with van der Waals surface area (Å²) in [5.74, 6) is -0.0938. The van der Waals surface area contributed by atoms with Crippen LogP contribution in [0.4, 0.5) is 5.69 Å². The van der Waals surface area contributed by atoms with Gasteiger partial charge in [0.25, 0.3) is 5.69 Å². The summed E-state index contributed by atoms with van der Waals surface area (Å²) < 4.78 is 0. The van der Waals surface area contributed by atoms with Gasteiger partial charge in [0.05, 0.1) is 4.92 Å². The number of benzene rings is 1. The summed E-state index contributed by atoms with van der Waals surface area (Å²) >= 11 is 6.02. The van der Waals surface area contributed by atoms with Gasteiger partial charge in [0.15, 0.2) is 0 Å². The van der Waals surface area contributed by atoms with Gasteiger partial charge in [-0.05, 0) is 25.1 Å². The summed E-state index contributed by atoms with van der Waals surface area (Å²) in [7, 11) is 0. The van der Waals surface area contributed by atoms with Gasteiger partial charge in [-0.1, -0.05) is 18.5 Å². The summed E-state index contributed by atoms with van der Waals surface area (Å²) in [4.78, 5) is 26.6. The lowest BCUT2D eigenvalue weighted by Gasteiger charge is -2.34. The third kappa shape index (κ3) is 4.77. The van der Waals surface area contributed by atoms with Crippen molar-refractivity contribution in [1.29, 1.82) is 0 Å². The molecular formula is C16H20ClN3O3. The van der Waals surface area contributed by atoms with E-state index >= 15 is 0 Å². The standard InChI is InChI=1S/C16H20ClN3O3/c1-2-7-18-8-10-19(11-9-18)16(21)6-3-13-12-14(20(22)23)4-5-15(13)17/h3-6,12H,2,7-11H2,1H3. The maximum Gasteiger partial charge on any atom is 0.270 e. The Kier molecular flexibility index (Phi) is 6.12. The monoisotopic (exact) mass is 337 g/mol. The molecule has 23 heavy (non-hydrogen) atoms. The van der Waals surface area contributed by atoms with Crippen molar-refractivity contribution in [3.63, 3.8) is 0 Å². The van der Waals surface area contributed by atoms with Crippen molar-refractivity contribution in [2.24, 2.45) is 0 Å². The van der Waals surface area contributed by atoms with Gasteiger partial charge in [0.2, 0.25) is 5.91 Å². The number of carbonyl (C=O) groups is 1. The first kappa shape index (κ1) is 17.4. The number of amides is 1. The van der Waals surface area contributed by atoms with Crippen LogP contribution in [0, 0.1) is 10.1 Å². The molecule has 0 unspecified atom stereocenters. The molecule has 7 heteroatoms. The number of hydrogen-bond donors (Lipinski definition) is 0. The van der Waals surface area contributed by atoms with E-state index in [1.165, 1.54) is 30.4 Å². The highest BCUT2D eigenvalue weighted by Gasteiger charge is 2.18. The Hall–Kier alpha value is -1.92. The minimum absolute atomic E-state index is 0.0466. The number of hydrogen-bond acceptors (Lipinski definition) is 4. The molecule has 0 bridgehead atoms. The van der Waals surface area contributed by atoms with Crippen molar-refractivity contribution in [2.45, 2.75) is 13.3 Å². The van der Waals surface area contributed by atoms with E-state index in [1.54, 1.807) is 4.90 Å². The molecule has 1 heterocycles. The topological polar surface area (TPSA) is 66.7 Å². The molecule has 1 aromatic rings. The van der Waals surface area contributed by atoms with Gasteiger partial charge >= 0.3 is 0 Å². The van der Waals surface area contributed by atoms with Crippen molar-refractivity contribution in [3.05, 3.63) is 45.0 Å². The van der Waals surface area contributed by atoms with Gasteiger partial charge in [-0.2, -0.15) is 0 Å². The number of rotatable bonds is 5. The van der Waals surface area contributed by atoms with Gasteiger partial charge in [-0.25, -0.2) is 0 Å². The van der Waals surface area contributed by atoms with Crippen LogP contribution in [-0.2, 0) is 4.79 Å². The van der Waals surface area contributed by atoms with Gasteiger partial charge in [-0.3, -0.25) is 19.8 Å². The van der Waals surface area contributed by atoms with Crippen LogP contribution in [-0.4, -0.2) is 53.4 Å². The van der Waals surface area contributed by atoms with Crippen LogP contribution in [0.3, 0.4) is 0 Å².